The number of amides is 1. The van der Waals surface area contributed by atoms with E-state index in [4.69, 9.17) is 17.3 Å². The standard InChI is InChI=1S/C14H11BrClFN2O/c15-10-2-1-3-12(18)14(10)19-13(20)6-8-4-5-9(16)7-11(8)17/h1-5,7H,6,18H2,(H,19,20). The van der Waals surface area contributed by atoms with Gasteiger partial charge in [0.2, 0.25) is 5.91 Å². The Morgan fingerprint density at radius 3 is 2.75 bits per heavy atom. The third kappa shape index (κ3) is 3.49. The Morgan fingerprint density at radius 2 is 2.10 bits per heavy atom. The average molecular weight is 358 g/mol. The molecule has 0 aliphatic rings. The molecule has 0 aromatic heterocycles. The lowest BCUT2D eigenvalue weighted by molar-refractivity contribution is -0.115. The van der Waals surface area contributed by atoms with Crippen molar-refractivity contribution < 1.29 is 9.18 Å². The van der Waals surface area contributed by atoms with Gasteiger partial charge in [0.1, 0.15) is 5.82 Å². The highest BCUT2D eigenvalue weighted by Gasteiger charge is 2.12. The first-order valence-electron chi connectivity index (χ1n) is 5.75. The van der Waals surface area contributed by atoms with Crippen LogP contribution in [-0.4, -0.2) is 5.91 Å². The van der Waals surface area contributed by atoms with Crippen molar-refractivity contribution >= 4 is 44.8 Å². The van der Waals surface area contributed by atoms with Crippen molar-refractivity contribution in [1.82, 2.24) is 0 Å². The lowest BCUT2D eigenvalue weighted by Crippen LogP contribution is -2.16. The molecule has 2 aromatic rings. The predicted octanol–water partition coefficient (Wildman–Crippen LogP) is 4.01. The van der Waals surface area contributed by atoms with Gasteiger partial charge >= 0.3 is 0 Å². The van der Waals surface area contributed by atoms with E-state index in [-0.39, 0.29) is 17.9 Å². The summed E-state index contributed by atoms with van der Waals surface area (Å²) in [5, 5.41) is 2.95. The highest BCUT2D eigenvalue weighted by atomic mass is 79.9. The summed E-state index contributed by atoms with van der Waals surface area (Å²) in [6, 6.07) is 9.39. The molecular formula is C14H11BrClFN2O. The fourth-order valence-electron chi connectivity index (χ4n) is 1.69. The maximum atomic E-state index is 13.6. The van der Waals surface area contributed by atoms with Gasteiger partial charge in [-0.1, -0.05) is 23.7 Å². The third-order valence-corrected chi connectivity index (χ3v) is 3.57. The highest BCUT2D eigenvalue weighted by molar-refractivity contribution is 9.10. The molecule has 0 aliphatic heterocycles. The number of para-hydroxylation sites is 1. The Hall–Kier alpha value is -1.59. The van der Waals surface area contributed by atoms with Crippen LogP contribution in [0.2, 0.25) is 5.02 Å². The van der Waals surface area contributed by atoms with Gasteiger partial charge in [-0.3, -0.25) is 4.79 Å². The minimum absolute atomic E-state index is 0.0935. The van der Waals surface area contributed by atoms with Crippen LogP contribution in [0.4, 0.5) is 15.8 Å². The number of nitrogens with one attached hydrogen (secondary N) is 1. The number of halogens is 3. The first kappa shape index (κ1) is 14.8. The molecule has 20 heavy (non-hydrogen) atoms. The lowest BCUT2D eigenvalue weighted by atomic mass is 10.1. The Bertz CT molecular complexity index is 643. The van der Waals surface area contributed by atoms with E-state index in [1.54, 1.807) is 24.3 Å². The van der Waals surface area contributed by atoms with Crippen LogP contribution in [0.25, 0.3) is 0 Å². The van der Waals surface area contributed by atoms with E-state index in [0.717, 1.165) is 0 Å². The molecule has 3 nitrogen and oxygen atoms in total. The van der Waals surface area contributed by atoms with Crippen LogP contribution in [0.15, 0.2) is 40.9 Å². The van der Waals surface area contributed by atoms with E-state index < -0.39 is 5.82 Å². The Balaban J connectivity index is 2.13. The van der Waals surface area contributed by atoms with Crippen LogP contribution in [-0.2, 0) is 11.2 Å². The molecule has 0 atom stereocenters. The van der Waals surface area contributed by atoms with Crippen molar-refractivity contribution in [3.8, 4) is 0 Å². The normalized spacial score (nSPS) is 10.3. The van der Waals surface area contributed by atoms with Crippen molar-refractivity contribution in [2.75, 3.05) is 11.1 Å². The molecule has 0 radical (unpaired) electrons. The summed E-state index contributed by atoms with van der Waals surface area (Å²) >= 11 is 8.96. The number of carbonyl (C=O) groups is 1. The zero-order valence-corrected chi connectivity index (χ0v) is 12.6. The summed E-state index contributed by atoms with van der Waals surface area (Å²) in [5.41, 5.74) is 6.97. The summed E-state index contributed by atoms with van der Waals surface area (Å²) in [7, 11) is 0. The molecule has 0 fully saturated rings. The van der Waals surface area contributed by atoms with Gasteiger partial charge in [-0.2, -0.15) is 0 Å². The van der Waals surface area contributed by atoms with Crippen molar-refractivity contribution in [2.24, 2.45) is 0 Å². The number of hydrogen-bond acceptors (Lipinski definition) is 2. The number of rotatable bonds is 3. The minimum atomic E-state index is -0.507. The van der Waals surface area contributed by atoms with Gasteiger partial charge < -0.3 is 11.1 Å². The van der Waals surface area contributed by atoms with Gasteiger partial charge in [-0.25, -0.2) is 4.39 Å². The summed E-state index contributed by atoms with van der Waals surface area (Å²) in [6.07, 6.45) is -0.0935. The maximum absolute atomic E-state index is 13.6. The van der Waals surface area contributed by atoms with Gasteiger partial charge in [-0.15, -0.1) is 0 Å². The van der Waals surface area contributed by atoms with Gasteiger partial charge in [0.05, 0.1) is 17.8 Å². The summed E-state index contributed by atoms with van der Waals surface area (Å²) in [5.74, 6) is -0.863. The molecule has 0 bridgehead atoms. The van der Waals surface area contributed by atoms with E-state index in [9.17, 15) is 9.18 Å². The lowest BCUT2D eigenvalue weighted by Gasteiger charge is -2.10. The highest BCUT2D eigenvalue weighted by Crippen LogP contribution is 2.28. The SMILES string of the molecule is Nc1cccc(Br)c1NC(=O)Cc1ccc(Cl)cc1F. The molecule has 2 aromatic carbocycles. The maximum Gasteiger partial charge on any atom is 0.228 e. The zero-order valence-electron chi connectivity index (χ0n) is 10.3. The van der Waals surface area contributed by atoms with Gasteiger partial charge in [0.25, 0.3) is 0 Å². The molecule has 1 amide bonds. The van der Waals surface area contributed by atoms with E-state index in [1.165, 1.54) is 12.1 Å². The second kappa shape index (κ2) is 6.24. The van der Waals surface area contributed by atoms with Crippen molar-refractivity contribution in [3.05, 3.63) is 57.3 Å². The van der Waals surface area contributed by atoms with Crippen molar-refractivity contribution in [2.45, 2.75) is 6.42 Å². The average Bonchev–Trinajstić information content (AvgIpc) is 2.37. The first-order valence-corrected chi connectivity index (χ1v) is 6.92. The second-order valence-electron chi connectivity index (χ2n) is 4.16. The molecule has 6 heteroatoms. The van der Waals surface area contributed by atoms with Crippen LogP contribution in [0, 0.1) is 5.82 Å². The van der Waals surface area contributed by atoms with Crippen molar-refractivity contribution in [1.29, 1.82) is 0 Å². The molecule has 0 heterocycles. The predicted molar refractivity (Wildman–Crippen MR) is 82.3 cm³/mol. The number of nitrogens with two attached hydrogens (primary N) is 1. The number of hydrogen-bond donors (Lipinski definition) is 2. The van der Waals surface area contributed by atoms with Crippen LogP contribution in [0.1, 0.15) is 5.56 Å². The summed E-state index contributed by atoms with van der Waals surface area (Å²) in [6.45, 7) is 0. The van der Waals surface area contributed by atoms with Crippen LogP contribution in [0.3, 0.4) is 0 Å². The van der Waals surface area contributed by atoms with Gasteiger partial charge in [0.15, 0.2) is 0 Å². The molecule has 0 aliphatic carbocycles. The minimum Gasteiger partial charge on any atom is -0.397 e. The molecule has 2 rings (SSSR count). The smallest absolute Gasteiger partial charge is 0.228 e. The molecule has 0 spiro atoms. The zero-order chi connectivity index (χ0) is 14.7. The van der Waals surface area contributed by atoms with Crippen LogP contribution >= 0.6 is 27.5 Å². The number of benzene rings is 2. The molecule has 3 N–H and O–H groups in total. The van der Waals surface area contributed by atoms with E-state index in [0.29, 0.717) is 20.9 Å². The second-order valence-corrected chi connectivity index (χ2v) is 5.46. The monoisotopic (exact) mass is 356 g/mol. The number of nitrogen functional groups attached to an aromatic ring is 1. The Morgan fingerprint density at radius 1 is 1.35 bits per heavy atom. The van der Waals surface area contributed by atoms with E-state index in [1.807, 2.05) is 0 Å². The number of anilines is 2. The van der Waals surface area contributed by atoms with Gasteiger partial charge in [-0.05, 0) is 45.8 Å². The van der Waals surface area contributed by atoms with Crippen LogP contribution < -0.4 is 11.1 Å². The Labute approximate surface area is 129 Å². The molecule has 0 unspecified atom stereocenters. The van der Waals surface area contributed by atoms with Gasteiger partial charge in [0, 0.05) is 9.50 Å². The fourth-order valence-corrected chi connectivity index (χ4v) is 2.33. The summed E-state index contributed by atoms with van der Waals surface area (Å²) in [4.78, 5) is 11.9. The molecule has 0 saturated heterocycles. The quantitative estimate of drug-likeness (QED) is 0.816. The molecule has 104 valence electrons. The fraction of sp³-hybridized carbons (Fsp3) is 0.0714. The first-order chi connectivity index (χ1) is 9.47. The third-order valence-electron chi connectivity index (χ3n) is 2.68. The number of carbonyl (C=O) groups excluding carboxylic acids is 1. The van der Waals surface area contributed by atoms with Crippen LogP contribution in [0.5, 0.6) is 0 Å². The molecule has 0 saturated carbocycles. The molecular weight excluding hydrogens is 347 g/mol. The summed E-state index contributed by atoms with van der Waals surface area (Å²) < 4.78 is 14.3. The largest absolute Gasteiger partial charge is 0.397 e. The topological polar surface area (TPSA) is 55.1 Å². The van der Waals surface area contributed by atoms with E-state index in [2.05, 4.69) is 21.2 Å². The van der Waals surface area contributed by atoms with Crippen molar-refractivity contribution in [3.63, 3.8) is 0 Å². The van der Waals surface area contributed by atoms with E-state index >= 15 is 0 Å². The Kier molecular flexibility index (Phi) is 4.62.